The second-order valence-corrected chi connectivity index (χ2v) is 3.74. The average Bonchev–Trinajstić information content (AvgIpc) is 2.69. The van der Waals surface area contributed by atoms with Crippen molar-refractivity contribution < 1.29 is 14.1 Å². The van der Waals surface area contributed by atoms with E-state index in [1.54, 1.807) is 14.2 Å². The van der Waals surface area contributed by atoms with E-state index in [0.29, 0.717) is 13.2 Å². The van der Waals surface area contributed by atoms with E-state index in [1.165, 1.54) is 17.2 Å². The zero-order valence-corrected chi connectivity index (χ0v) is 9.40. The normalized spacial score (nSPS) is 12.5. The molecule has 0 aromatic carbocycles. The van der Waals surface area contributed by atoms with Gasteiger partial charge < -0.3 is 14.2 Å². The highest BCUT2D eigenvalue weighted by Crippen LogP contribution is 2.04. The van der Waals surface area contributed by atoms with Crippen LogP contribution in [-0.4, -0.2) is 48.6 Å². The van der Waals surface area contributed by atoms with E-state index in [4.69, 9.17) is 16.3 Å². The van der Waals surface area contributed by atoms with E-state index in [0.717, 1.165) is 0 Å². The summed E-state index contributed by atoms with van der Waals surface area (Å²) in [5.74, 6) is -0.217. The average molecular weight is 233 g/mol. The maximum absolute atomic E-state index is 11.6. The van der Waals surface area contributed by atoms with Gasteiger partial charge in [0.25, 0.3) is 5.91 Å². The first-order valence-corrected chi connectivity index (χ1v) is 4.87. The fourth-order valence-corrected chi connectivity index (χ4v) is 1.47. The lowest BCUT2D eigenvalue weighted by Crippen LogP contribution is -2.34. The minimum atomic E-state index is -0.226. The minimum Gasteiger partial charge on any atom is -0.383 e. The highest BCUT2D eigenvalue weighted by molar-refractivity contribution is 6.21. The molecular weight excluding hydrogens is 220 g/mol. The van der Waals surface area contributed by atoms with Gasteiger partial charge in [0.15, 0.2) is 5.69 Å². The van der Waals surface area contributed by atoms with Gasteiger partial charge in [-0.1, -0.05) is 5.16 Å². The van der Waals surface area contributed by atoms with Crippen LogP contribution in [-0.2, 0) is 4.74 Å². The molecule has 0 aliphatic heterocycles. The molecule has 1 rings (SSSR count). The Morgan fingerprint density at radius 3 is 3.07 bits per heavy atom. The van der Waals surface area contributed by atoms with Crippen LogP contribution in [0, 0.1) is 0 Å². The lowest BCUT2D eigenvalue weighted by atomic mass is 10.3. The molecule has 0 aliphatic rings. The zero-order chi connectivity index (χ0) is 11.3. The summed E-state index contributed by atoms with van der Waals surface area (Å²) in [7, 11) is 3.22. The SMILES string of the molecule is COCC(Cl)CN(C)C(=O)c1ccon1. The fourth-order valence-electron chi connectivity index (χ4n) is 1.13. The van der Waals surface area contributed by atoms with Crippen molar-refractivity contribution in [2.75, 3.05) is 27.3 Å². The van der Waals surface area contributed by atoms with Gasteiger partial charge >= 0.3 is 0 Å². The van der Waals surface area contributed by atoms with Gasteiger partial charge in [-0.3, -0.25) is 4.79 Å². The van der Waals surface area contributed by atoms with Crippen LogP contribution in [0.3, 0.4) is 0 Å². The number of hydrogen-bond acceptors (Lipinski definition) is 4. The van der Waals surface area contributed by atoms with E-state index in [9.17, 15) is 4.79 Å². The summed E-state index contributed by atoms with van der Waals surface area (Å²) in [6.07, 6.45) is 1.36. The van der Waals surface area contributed by atoms with Crippen molar-refractivity contribution in [2.24, 2.45) is 0 Å². The van der Waals surface area contributed by atoms with Crippen molar-refractivity contribution in [1.82, 2.24) is 10.1 Å². The van der Waals surface area contributed by atoms with Crippen molar-refractivity contribution >= 4 is 17.5 Å². The number of alkyl halides is 1. The van der Waals surface area contributed by atoms with Crippen LogP contribution in [0.4, 0.5) is 0 Å². The number of carbonyl (C=O) groups excluding carboxylic acids is 1. The molecule has 1 amide bonds. The van der Waals surface area contributed by atoms with Crippen molar-refractivity contribution in [2.45, 2.75) is 5.38 Å². The van der Waals surface area contributed by atoms with Crippen LogP contribution in [0.2, 0.25) is 0 Å². The van der Waals surface area contributed by atoms with Crippen molar-refractivity contribution in [3.8, 4) is 0 Å². The number of methoxy groups -OCH3 is 1. The van der Waals surface area contributed by atoms with Gasteiger partial charge in [-0.15, -0.1) is 11.6 Å². The van der Waals surface area contributed by atoms with Crippen molar-refractivity contribution in [1.29, 1.82) is 0 Å². The van der Waals surface area contributed by atoms with Crippen LogP contribution in [0.15, 0.2) is 16.9 Å². The van der Waals surface area contributed by atoms with Crippen LogP contribution < -0.4 is 0 Å². The predicted octanol–water partition coefficient (Wildman–Crippen LogP) is 1.00. The Hall–Kier alpha value is -1.07. The molecule has 84 valence electrons. The Morgan fingerprint density at radius 2 is 2.53 bits per heavy atom. The Morgan fingerprint density at radius 1 is 1.80 bits per heavy atom. The molecule has 0 saturated carbocycles. The summed E-state index contributed by atoms with van der Waals surface area (Å²) in [5, 5.41) is 3.32. The number of halogens is 1. The van der Waals surface area contributed by atoms with Gasteiger partial charge in [0.1, 0.15) is 6.26 Å². The number of hydrogen-bond donors (Lipinski definition) is 0. The molecule has 15 heavy (non-hydrogen) atoms. The third-order valence-electron chi connectivity index (χ3n) is 1.82. The summed E-state index contributed by atoms with van der Waals surface area (Å²) >= 11 is 5.92. The Labute approximate surface area is 92.9 Å². The molecule has 6 heteroatoms. The van der Waals surface area contributed by atoms with Gasteiger partial charge in [0.2, 0.25) is 0 Å². The van der Waals surface area contributed by atoms with E-state index >= 15 is 0 Å². The van der Waals surface area contributed by atoms with Gasteiger partial charge in [-0.25, -0.2) is 0 Å². The monoisotopic (exact) mass is 232 g/mol. The third kappa shape index (κ3) is 3.53. The topological polar surface area (TPSA) is 55.6 Å². The molecule has 0 fully saturated rings. The summed E-state index contributed by atoms with van der Waals surface area (Å²) in [4.78, 5) is 13.1. The zero-order valence-electron chi connectivity index (χ0n) is 8.64. The number of aromatic nitrogens is 1. The molecule has 1 atom stereocenters. The van der Waals surface area contributed by atoms with Crippen LogP contribution >= 0.6 is 11.6 Å². The van der Waals surface area contributed by atoms with E-state index in [-0.39, 0.29) is 17.0 Å². The van der Waals surface area contributed by atoms with E-state index < -0.39 is 0 Å². The molecule has 5 nitrogen and oxygen atoms in total. The highest BCUT2D eigenvalue weighted by atomic mass is 35.5. The number of amides is 1. The molecule has 0 spiro atoms. The smallest absolute Gasteiger partial charge is 0.275 e. The fraction of sp³-hybridized carbons (Fsp3) is 0.556. The largest absolute Gasteiger partial charge is 0.383 e. The molecule has 0 saturated heterocycles. The molecule has 0 radical (unpaired) electrons. The number of rotatable bonds is 5. The summed E-state index contributed by atoms with van der Waals surface area (Å²) in [6, 6.07) is 1.51. The first-order valence-electron chi connectivity index (χ1n) is 4.44. The van der Waals surface area contributed by atoms with Crippen LogP contribution in [0.1, 0.15) is 10.5 Å². The molecule has 1 heterocycles. The summed E-state index contributed by atoms with van der Waals surface area (Å²) < 4.78 is 9.45. The van der Waals surface area contributed by atoms with Crippen LogP contribution in [0.5, 0.6) is 0 Å². The van der Waals surface area contributed by atoms with Crippen molar-refractivity contribution in [3.05, 3.63) is 18.0 Å². The molecular formula is C9H13ClN2O3. The number of nitrogens with zero attached hydrogens (tertiary/aromatic N) is 2. The van der Waals surface area contributed by atoms with E-state index in [1.807, 2.05) is 0 Å². The molecule has 1 unspecified atom stereocenters. The maximum atomic E-state index is 11.6. The lowest BCUT2D eigenvalue weighted by molar-refractivity contribution is 0.0771. The van der Waals surface area contributed by atoms with Crippen molar-refractivity contribution in [3.63, 3.8) is 0 Å². The quantitative estimate of drug-likeness (QED) is 0.711. The number of ether oxygens (including phenoxy) is 1. The second-order valence-electron chi connectivity index (χ2n) is 3.12. The summed E-state index contributed by atoms with van der Waals surface area (Å²) in [5.41, 5.74) is 0.277. The maximum Gasteiger partial charge on any atom is 0.275 e. The third-order valence-corrected chi connectivity index (χ3v) is 2.09. The van der Waals surface area contributed by atoms with Gasteiger partial charge in [0.05, 0.1) is 12.0 Å². The Kier molecular flexibility index (Phi) is 4.58. The van der Waals surface area contributed by atoms with Gasteiger partial charge in [-0.05, 0) is 0 Å². The Bertz CT molecular complexity index is 302. The van der Waals surface area contributed by atoms with Crippen LogP contribution in [0.25, 0.3) is 0 Å². The minimum absolute atomic E-state index is 0.217. The molecule has 0 N–H and O–H groups in total. The number of carbonyl (C=O) groups is 1. The summed E-state index contributed by atoms with van der Waals surface area (Å²) in [6.45, 7) is 0.805. The van der Waals surface area contributed by atoms with Gasteiger partial charge in [-0.2, -0.15) is 0 Å². The lowest BCUT2D eigenvalue weighted by Gasteiger charge is -2.18. The molecule has 1 aromatic rings. The first-order chi connectivity index (χ1) is 7.15. The highest BCUT2D eigenvalue weighted by Gasteiger charge is 2.17. The Balaban J connectivity index is 2.47. The first kappa shape index (κ1) is 12.0. The predicted molar refractivity (Wildman–Crippen MR) is 55.0 cm³/mol. The molecule has 0 bridgehead atoms. The van der Waals surface area contributed by atoms with Gasteiger partial charge in [0, 0.05) is 26.8 Å². The van der Waals surface area contributed by atoms with E-state index in [2.05, 4.69) is 9.68 Å². The standard InChI is InChI=1S/C9H13ClN2O3/c1-12(5-7(10)6-14-2)9(13)8-3-4-15-11-8/h3-4,7H,5-6H2,1-2H3. The second kappa shape index (κ2) is 5.72. The molecule has 0 aliphatic carbocycles. The molecule has 1 aromatic heterocycles.